The van der Waals surface area contributed by atoms with Crippen LogP contribution in [0.2, 0.25) is 0 Å². The Hall–Kier alpha value is -2.31. The van der Waals surface area contributed by atoms with Crippen molar-refractivity contribution < 1.29 is 27.9 Å². The summed E-state index contributed by atoms with van der Waals surface area (Å²) in [4.78, 5) is 26.1. The minimum absolute atomic E-state index is 0. The maximum Gasteiger partial charge on any atom is 0.243 e. The van der Waals surface area contributed by atoms with Crippen LogP contribution in [-0.2, 0) is 32.4 Å². The molecule has 0 saturated carbocycles. The van der Waals surface area contributed by atoms with E-state index in [1.807, 2.05) is 68.4 Å². The van der Waals surface area contributed by atoms with Crippen LogP contribution in [0.5, 0.6) is 5.75 Å². The molecule has 2 amide bonds. The summed E-state index contributed by atoms with van der Waals surface area (Å²) in [5, 5.41) is 19.4. The molecule has 43 heavy (non-hydrogen) atoms. The molecular weight excluding hydrogens is 610 g/mol. The molecular formula is C31H48ClN3O6S2. The Morgan fingerprint density at radius 2 is 1.63 bits per heavy atom. The fraction of sp³-hybridized carbons (Fsp3) is 0.548. The Bertz CT molecular complexity index is 1200. The molecule has 9 nitrogen and oxygen atoms in total. The first-order valence-corrected chi connectivity index (χ1v) is 17.6. The quantitative estimate of drug-likeness (QED) is 0.170. The third kappa shape index (κ3) is 13.9. The van der Waals surface area contributed by atoms with Crippen LogP contribution in [0.4, 0.5) is 0 Å². The Labute approximate surface area is 267 Å². The van der Waals surface area contributed by atoms with Crippen molar-refractivity contribution in [1.82, 2.24) is 16.0 Å². The largest absolute Gasteiger partial charge is 0.497 e. The van der Waals surface area contributed by atoms with Crippen molar-refractivity contribution in [2.24, 2.45) is 0 Å². The van der Waals surface area contributed by atoms with E-state index in [4.69, 9.17) is 4.74 Å². The van der Waals surface area contributed by atoms with Gasteiger partial charge in [-0.25, -0.2) is 8.42 Å². The summed E-state index contributed by atoms with van der Waals surface area (Å²) in [6, 6.07) is 15.0. The number of aliphatic hydroxyl groups is 1. The van der Waals surface area contributed by atoms with E-state index in [0.29, 0.717) is 38.6 Å². The van der Waals surface area contributed by atoms with Gasteiger partial charge in [-0.3, -0.25) is 9.59 Å². The van der Waals surface area contributed by atoms with Crippen molar-refractivity contribution in [3.8, 4) is 5.75 Å². The number of hydrogen-bond donors (Lipinski definition) is 4. The zero-order valence-electron chi connectivity index (χ0n) is 25.6. The first-order valence-electron chi connectivity index (χ1n) is 14.5. The third-order valence-electron chi connectivity index (χ3n) is 6.96. The van der Waals surface area contributed by atoms with Gasteiger partial charge in [0.25, 0.3) is 0 Å². The number of sulfone groups is 1. The molecule has 0 aromatic heterocycles. The predicted octanol–water partition coefficient (Wildman–Crippen LogP) is 3.53. The van der Waals surface area contributed by atoms with Gasteiger partial charge in [-0.15, -0.1) is 12.4 Å². The van der Waals surface area contributed by atoms with Crippen molar-refractivity contribution in [2.45, 2.75) is 75.9 Å². The standard InChI is InChI=1S/C31H47N3O6S2.ClH/c1-5-11-26(12-6-2)42(38,39)22-28(33-30(36)21-41-4)31(37)34-27(18-23-13-8-7-9-14-23)29(35)20-32-19-24-15-10-16-25(17-24)40-3;/h7-10,13-17,26-29,32,35H,5-6,11-12,18-22H2,1-4H3,(H,33,36)(H,34,37);1H/t27-,28+,29+;/m0./s1. The van der Waals surface area contributed by atoms with Gasteiger partial charge in [0.15, 0.2) is 9.84 Å². The second-order valence-corrected chi connectivity index (χ2v) is 13.6. The number of benzene rings is 2. The monoisotopic (exact) mass is 657 g/mol. The summed E-state index contributed by atoms with van der Waals surface area (Å²) in [6.07, 6.45) is 3.48. The molecule has 0 saturated heterocycles. The molecule has 242 valence electrons. The molecule has 0 aliphatic heterocycles. The lowest BCUT2D eigenvalue weighted by molar-refractivity contribution is -0.128. The highest BCUT2D eigenvalue weighted by Gasteiger charge is 2.34. The summed E-state index contributed by atoms with van der Waals surface area (Å²) in [5.41, 5.74) is 1.87. The van der Waals surface area contributed by atoms with Crippen LogP contribution < -0.4 is 20.7 Å². The first kappa shape index (κ1) is 38.7. The van der Waals surface area contributed by atoms with Crippen LogP contribution in [0.25, 0.3) is 0 Å². The van der Waals surface area contributed by atoms with Gasteiger partial charge in [-0.1, -0.05) is 69.2 Å². The first-order chi connectivity index (χ1) is 20.1. The van der Waals surface area contributed by atoms with E-state index in [-0.39, 0.29) is 24.7 Å². The van der Waals surface area contributed by atoms with E-state index in [0.717, 1.165) is 16.9 Å². The fourth-order valence-electron chi connectivity index (χ4n) is 4.79. The van der Waals surface area contributed by atoms with Gasteiger partial charge >= 0.3 is 0 Å². The van der Waals surface area contributed by atoms with Gasteiger partial charge in [0.1, 0.15) is 11.8 Å². The highest BCUT2D eigenvalue weighted by molar-refractivity contribution is 7.99. The molecule has 0 bridgehead atoms. The minimum Gasteiger partial charge on any atom is -0.497 e. The smallest absolute Gasteiger partial charge is 0.243 e. The molecule has 0 unspecified atom stereocenters. The number of aliphatic hydroxyl groups excluding tert-OH is 1. The fourth-order valence-corrected chi connectivity index (χ4v) is 7.30. The van der Waals surface area contributed by atoms with Crippen LogP contribution in [-0.4, -0.2) is 80.2 Å². The van der Waals surface area contributed by atoms with Crippen LogP contribution in [0.15, 0.2) is 54.6 Å². The van der Waals surface area contributed by atoms with Gasteiger partial charge in [0.05, 0.1) is 36.0 Å². The number of carbonyl (C=O) groups excluding carboxylic acids is 2. The lowest BCUT2D eigenvalue weighted by Gasteiger charge is -2.28. The number of rotatable bonds is 20. The molecule has 0 spiro atoms. The lowest BCUT2D eigenvalue weighted by Crippen LogP contribution is -2.57. The maximum absolute atomic E-state index is 13.6. The second-order valence-electron chi connectivity index (χ2n) is 10.4. The molecule has 2 rings (SSSR count). The SMILES string of the molecule is CCCC(CCC)S(=O)(=O)C[C@@H](NC(=O)CSC)C(=O)N[C@@H](Cc1ccccc1)[C@H](O)CNCc1cccc(OC)c1.Cl. The molecule has 0 radical (unpaired) electrons. The number of ether oxygens (including phenoxy) is 1. The van der Waals surface area contributed by atoms with Crippen LogP contribution in [0.1, 0.15) is 50.7 Å². The number of carbonyl (C=O) groups is 2. The minimum atomic E-state index is -3.68. The van der Waals surface area contributed by atoms with Crippen molar-refractivity contribution >= 4 is 45.8 Å². The number of nitrogens with one attached hydrogen (secondary N) is 3. The topological polar surface area (TPSA) is 134 Å². The van der Waals surface area contributed by atoms with Gasteiger partial charge in [0.2, 0.25) is 11.8 Å². The molecule has 0 heterocycles. The van der Waals surface area contributed by atoms with E-state index in [2.05, 4.69) is 16.0 Å². The second kappa shape index (κ2) is 20.6. The zero-order valence-corrected chi connectivity index (χ0v) is 28.0. The predicted molar refractivity (Wildman–Crippen MR) is 178 cm³/mol. The van der Waals surface area contributed by atoms with Crippen LogP contribution in [0, 0.1) is 0 Å². The average Bonchev–Trinajstić information content (AvgIpc) is 2.97. The summed E-state index contributed by atoms with van der Waals surface area (Å²) >= 11 is 1.28. The van der Waals surface area contributed by atoms with Gasteiger partial charge in [-0.05, 0) is 48.8 Å². The average molecular weight is 658 g/mol. The summed E-state index contributed by atoms with van der Waals surface area (Å²) in [6.45, 7) is 4.51. The Kier molecular flexibility index (Phi) is 18.6. The van der Waals surface area contributed by atoms with Gasteiger partial charge in [-0.2, -0.15) is 11.8 Å². The van der Waals surface area contributed by atoms with E-state index in [1.54, 1.807) is 13.4 Å². The number of thioether (sulfide) groups is 1. The zero-order chi connectivity index (χ0) is 31.0. The highest BCUT2D eigenvalue weighted by Crippen LogP contribution is 2.17. The highest BCUT2D eigenvalue weighted by atomic mass is 35.5. The number of amides is 2. The summed E-state index contributed by atoms with van der Waals surface area (Å²) in [5.74, 6) is -0.713. The van der Waals surface area contributed by atoms with Crippen LogP contribution in [0.3, 0.4) is 0 Å². The normalized spacial score (nSPS) is 13.4. The summed E-state index contributed by atoms with van der Waals surface area (Å²) < 4.78 is 32.1. The van der Waals surface area contributed by atoms with Crippen LogP contribution >= 0.6 is 24.2 Å². The number of hydrogen-bond acceptors (Lipinski definition) is 8. The number of methoxy groups -OCH3 is 1. The van der Waals surface area contributed by atoms with E-state index >= 15 is 0 Å². The Balaban J connectivity index is 0.00000924. The third-order valence-corrected chi connectivity index (χ3v) is 9.80. The molecule has 0 aliphatic carbocycles. The van der Waals surface area contributed by atoms with E-state index in [1.165, 1.54) is 11.8 Å². The molecule has 2 aromatic carbocycles. The van der Waals surface area contributed by atoms with Crippen molar-refractivity contribution in [3.63, 3.8) is 0 Å². The summed E-state index contributed by atoms with van der Waals surface area (Å²) in [7, 11) is -2.08. The molecule has 4 N–H and O–H groups in total. The van der Waals surface area contributed by atoms with E-state index in [9.17, 15) is 23.1 Å². The molecule has 2 aromatic rings. The molecule has 0 fully saturated rings. The number of halogens is 1. The Morgan fingerprint density at radius 3 is 2.23 bits per heavy atom. The van der Waals surface area contributed by atoms with E-state index < -0.39 is 50.8 Å². The van der Waals surface area contributed by atoms with Crippen molar-refractivity contribution in [1.29, 1.82) is 0 Å². The van der Waals surface area contributed by atoms with Crippen molar-refractivity contribution in [3.05, 3.63) is 65.7 Å². The molecule has 3 atom stereocenters. The van der Waals surface area contributed by atoms with Crippen molar-refractivity contribution in [2.75, 3.05) is 31.4 Å². The lowest BCUT2D eigenvalue weighted by atomic mass is 10.0. The van der Waals surface area contributed by atoms with Gasteiger partial charge in [0, 0.05) is 13.1 Å². The Morgan fingerprint density at radius 1 is 0.977 bits per heavy atom. The maximum atomic E-state index is 13.6. The molecule has 12 heteroatoms. The van der Waals surface area contributed by atoms with Gasteiger partial charge < -0.3 is 25.8 Å². The molecule has 0 aliphatic rings.